The van der Waals surface area contributed by atoms with Crippen LogP contribution in [0.1, 0.15) is 5.56 Å². The molecule has 2 heterocycles. The van der Waals surface area contributed by atoms with E-state index >= 15 is 0 Å². The van der Waals surface area contributed by atoms with Gasteiger partial charge in [-0.1, -0.05) is 24.3 Å². The Hall–Kier alpha value is -2.43. The third-order valence-corrected chi connectivity index (χ3v) is 4.80. The maximum Gasteiger partial charge on any atom is 0.0967 e. The highest BCUT2D eigenvalue weighted by Crippen LogP contribution is 2.30. The third kappa shape index (κ3) is 2.88. The van der Waals surface area contributed by atoms with E-state index in [-0.39, 0.29) is 0 Å². The van der Waals surface area contributed by atoms with Gasteiger partial charge in [0.25, 0.3) is 0 Å². The number of rotatable bonds is 5. The van der Waals surface area contributed by atoms with Crippen LogP contribution in [0.15, 0.2) is 48.5 Å². The Balaban J connectivity index is 1.92. The van der Waals surface area contributed by atoms with E-state index < -0.39 is 0 Å². The molecule has 2 N–H and O–H groups in total. The topological polar surface area (TPSA) is 47.1 Å². The second kappa shape index (κ2) is 6.47. The Kier molecular flexibility index (Phi) is 4.15. The first-order valence-corrected chi connectivity index (χ1v) is 8.83. The van der Waals surface area contributed by atoms with Crippen LogP contribution in [0.25, 0.3) is 32.8 Å². The molecule has 4 aromatic rings. The number of aromatic nitrogens is 2. The van der Waals surface area contributed by atoms with Gasteiger partial charge in [0.15, 0.2) is 0 Å². The van der Waals surface area contributed by atoms with Gasteiger partial charge < -0.3 is 15.2 Å². The molecule has 0 radical (unpaired) electrons. The molecule has 0 fully saturated rings. The molecule has 0 saturated carbocycles. The minimum absolute atomic E-state index is 0.620. The number of pyridine rings is 1. The first kappa shape index (κ1) is 16.1. The van der Waals surface area contributed by atoms with E-state index in [1.54, 1.807) is 0 Å². The van der Waals surface area contributed by atoms with Gasteiger partial charge in [0.1, 0.15) is 0 Å². The van der Waals surface area contributed by atoms with Crippen LogP contribution in [-0.4, -0.2) is 41.6 Å². The minimum Gasteiger partial charge on any atom is -0.338 e. The van der Waals surface area contributed by atoms with Gasteiger partial charge in [0, 0.05) is 30.4 Å². The van der Waals surface area contributed by atoms with Crippen molar-refractivity contribution in [3.8, 4) is 0 Å². The molecule has 0 saturated heterocycles. The summed E-state index contributed by atoms with van der Waals surface area (Å²) in [5, 5.41) is 2.40. The monoisotopic (exact) mass is 332 g/mol. The molecule has 0 spiro atoms. The van der Waals surface area contributed by atoms with Crippen LogP contribution in [-0.2, 0) is 13.0 Å². The number of para-hydroxylation sites is 1. The number of hydrogen-bond acceptors (Lipinski definition) is 3. The van der Waals surface area contributed by atoms with Crippen LogP contribution in [0.3, 0.4) is 0 Å². The lowest BCUT2D eigenvalue weighted by Gasteiger charge is -2.10. The van der Waals surface area contributed by atoms with E-state index in [0.29, 0.717) is 6.54 Å². The summed E-state index contributed by atoms with van der Waals surface area (Å²) in [6.45, 7) is 2.47. The molecule has 4 nitrogen and oxygen atoms in total. The van der Waals surface area contributed by atoms with E-state index in [0.717, 1.165) is 30.5 Å². The molecule has 0 atom stereocenters. The lowest BCUT2D eigenvalue weighted by molar-refractivity contribution is 0.414. The number of nitrogens with two attached hydrogens (primary N) is 1. The predicted octanol–water partition coefficient (Wildman–Crippen LogP) is 3.41. The Morgan fingerprint density at radius 2 is 1.88 bits per heavy atom. The maximum absolute atomic E-state index is 5.86. The van der Waals surface area contributed by atoms with E-state index in [1.165, 1.54) is 27.4 Å². The fourth-order valence-corrected chi connectivity index (χ4v) is 3.54. The fourth-order valence-electron chi connectivity index (χ4n) is 3.54. The van der Waals surface area contributed by atoms with Crippen molar-refractivity contribution in [2.75, 3.05) is 27.2 Å². The van der Waals surface area contributed by atoms with Gasteiger partial charge in [0.05, 0.1) is 22.1 Å². The Bertz CT molecular complexity index is 1050. The molecule has 0 aliphatic heterocycles. The molecule has 25 heavy (non-hydrogen) atoms. The normalized spacial score (nSPS) is 12.0. The summed E-state index contributed by atoms with van der Waals surface area (Å²) >= 11 is 0. The molecule has 0 aliphatic rings. The predicted molar refractivity (Wildman–Crippen MR) is 106 cm³/mol. The number of benzene rings is 2. The Morgan fingerprint density at radius 3 is 2.68 bits per heavy atom. The number of fused-ring (bicyclic) bond motifs is 4. The molecular weight excluding hydrogens is 308 g/mol. The number of nitrogens with zero attached hydrogens (tertiary/aromatic N) is 3. The van der Waals surface area contributed by atoms with Crippen molar-refractivity contribution >= 4 is 32.8 Å². The van der Waals surface area contributed by atoms with Crippen LogP contribution in [0.4, 0.5) is 0 Å². The van der Waals surface area contributed by atoms with Crippen molar-refractivity contribution in [1.82, 2.24) is 14.5 Å². The highest BCUT2D eigenvalue weighted by atomic mass is 15.0. The second-order valence-corrected chi connectivity index (χ2v) is 6.89. The molecule has 0 bridgehead atoms. The molecule has 0 amide bonds. The summed E-state index contributed by atoms with van der Waals surface area (Å²) in [4.78, 5) is 7.19. The van der Waals surface area contributed by atoms with Crippen molar-refractivity contribution in [1.29, 1.82) is 0 Å². The molecule has 2 aromatic carbocycles. The van der Waals surface area contributed by atoms with Gasteiger partial charge in [0.2, 0.25) is 0 Å². The zero-order valence-electron chi connectivity index (χ0n) is 14.9. The van der Waals surface area contributed by atoms with Crippen molar-refractivity contribution in [3.63, 3.8) is 0 Å². The Labute approximate surface area is 147 Å². The van der Waals surface area contributed by atoms with Gasteiger partial charge >= 0.3 is 0 Å². The summed E-state index contributed by atoms with van der Waals surface area (Å²) in [5.41, 5.74) is 11.7. The minimum atomic E-state index is 0.620. The Morgan fingerprint density at radius 1 is 1.04 bits per heavy atom. The number of hydrogen-bond donors (Lipinski definition) is 1. The highest BCUT2D eigenvalue weighted by molar-refractivity contribution is 6.08. The van der Waals surface area contributed by atoms with E-state index in [1.807, 2.05) is 0 Å². The zero-order valence-corrected chi connectivity index (χ0v) is 14.9. The molecule has 4 rings (SSSR count). The van der Waals surface area contributed by atoms with Crippen molar-refractivity contribution in [3.05, 3.63) is 54.1 Å². The molecule has 4 heteroatoms. The van der Waals surface area contributed by atoms with E-state index in [4.69, 9.17) is 10.7 Å². The standard InChI is InChI=1S/C21H24N4/c1-24(2)11-9-15-7-8-18-16(13-15)14-20-21(23-18)17-5-3-4-6-19(17)25(20)12-10-22/h3-8,13-14H,9-12,22H2,1-2H3. The van der Waals surface area contributed by atoms with Gasteiger partial charge in [-0.05, 0) is 50.3 Å². The quantitative estimate of drug-likeness (QED) is 0.609. The lowest BCUT2D eigenvalue weighted by Crippen LogP contribution is -2.14. The van der Waals surface area contributed by atoms with Crippen molar-refractivity contribution in [2.45, 2.75) is 13.0 Å². The lowest BCUT2D eigenvalue weighted by atomic mass is 10.1. The van der Waals surface area contributed by atoms with Gasteiger partial charge in [-0.2, -0.15) is 0 Å². The molecule has 0 unspecified atom stereocenters. The fraction of sp³-hybridized carbons (Fsp3) is 0.286. The maximum atomic E-state index is 5.86. The van der Waals surface area contributed by atoms with Crippen LogP contribution in [0, 0.1) is 0 Å². The second-order valence-electron chi connectivity index (χ2n) is 6.89. The largest absolute Gasteiger partial charge is 0.338 e. The van der Waals surface area contributed by atoms with Gasteiger partial charge in [-0.3, -0.25) is 0 Å². The molecule has 2 aromatic heterocycles. The zero-order chi connectivity index (χ0) is 17.4. The summed E-state index contributed by atoms with van der Waals surface area (Å²) in [7, 11) is 4.22. The first-order chi connectivity index (χ1) is 12.2. The van der Waals surface area contributed by atoms with Crippen LogP contribution in [0.5, 0.6) is 0 Å². The summed E-state index contributed by atoms with van der Waals surface area (Å²) < 4.78 is 2.30. The summed E-state index contributed by atoms with van der Waals surface area (Å²) in [6, 6.07) is 17.3. The van der Waals surface area contributed by atoms with Crippen molar-refractivity contribution in [2.24, 2.45) is 5.73 Å². The SMILES string of the molecule is CN(C)CCc1ccc2nc3c4ccccc4n(CCN)c3cc2c1. The molecular formula is C21H24N4. The van der Waals surface area contributed by atoms with E-state index in [2.05, 4.69) is 72.1 Å². The smallest absolute Gasteiger partial charge is 0.0967 e. The van der Waals surface area contributed by atoms with Crippen LogP contribution >= 0.6 is 0 Å². The van der Waals surface area contributed by atoms with Crippen LogP contribution < -0.4 is 5.73 Å². The van der Waals surface area contributed by atoms with Crippen LogP contribution in [0.2, 0.25) is 0 Å². The highest BCUT2D eigenvalue weighted by Gasteiger charge is 2.12. The number of likely N-dealkylation sites (N-methyl/N-ethyl adjacent to an activating group) is 1. The summed E-state index contributed by atoms with van der Waals surface area (Å²) in [6.07, 6.45) is 1.05. The summed E-state index contributed by atoms with van der Waals surface area (Å²) in [5.74, 6) is 0. The average molecular weight is 332 g/mol. The molecule has 128 valence electrons. The van der Waals surface area contributed by atoms with Gasteiger partial charge in [-0.25, -0.2) is 4.98 Å². The third-order valence-electron chi connectivity index (χ3n) is 4.80. The van der Waals surface area contributed by atoms with Crippen molar-refractivity contribution < 1.29 is 0 Å². The first-order valence-electron chi connectivity index (χ1n) is 8.83. The molecule has 0 aliphatic carbocycles. The van der Waals surface area contributed by atoms with Gasteiger partial charge in [-0.15, -0.1) is 0 Å². The van der Waals surface area contributed by atoms with E-state index in [9.17, 15) is 0 Å². The average Bonchev–Trinajstić information content (AvgIpc) is 2.92.